The second-order valence-electron chi connectivity index (χ2n) is 4.01. The van der Waals surface area contributed by atoms with Crippen LogP contribution in [-0.2, 0) is 14.3 Å². The molecule has 1 atom stereocenters. The van der Waals surface area contributed by atoms with Gasteiger partial charge in [-0.2, -0.15) is 5.26 Å². The van der Waals surface area contributed by atoms with Crippen LogP contribution in [0, 0.1) is 11.3 Å². The minimum absolute atomic E-state index is 0.0507. The van der Waals surface area contributed by atoms with Crippen LogP contribution in [0.15, 0.2) is 0 Å². The van der Waals surface area contributed by atoms with Gasteiger partial charge in [-0.3, -0.25) is 14.5 Å². The molecule has 1 unspecified atom stereocenters. The first-order valence-corrected chi connectivity index (χ1v) is 7.40. The Balaban J connectivity index is 2.45. The van der Waals surface area contributed by atoms with E-state index in [1.807, 2.05) is 6.92 Å². The fourth-order valence-electron chi connectivity index (χ4n) is 1.74. The molecule has 1 rings (SSSR count). The number of nitrogens with zero attached hydrogens (tertiary/aromatic N) is 2. The van der Waals surface area contributed by atoms with E-state index in [-0.39, 0.29) is 17.1 Å². The van der Waals surface area contributed by atoms with E-state index in [9.17, 15) is 9.59 Å². The molecule has 0 bridgehead atoms. The summed E-state index contributed by atoms with van der Waals surface area (Å²) in [6.07, 6.45) is 1.47. The van der Waals surface area contributed by atoms with Crippen LogP contribution >= 0.6 is 24.0 Å². The molecule has 2 amide bonds. The van der Waals surface area contributed by atoms with Gasteiger partial charge in [-0.15, -0.1) is 0 Å². The Labute approximate surface area is 122 Å². The molecule has 7 heteroatoms. The fraction of sp³-hybridized carbons (Fsp3) is 0.667. The summed E-state index contributed by atoms with van der Waals surface area (Å²) in [4.78, 5) is 24.2. The molecular formula is C12H16N2O3S2. The smallest absolute Gasteiger partial charge is 0.229 e. The zero-order valence-corrected chi connectivity index (χ0v) is 12.4. The van der Waals surface area contributed by atoms with Gasteiger partial charge in [0.05, 0.1) is 12.7 Å². The maximum Gasteiger partial charge on any atom is 0.229 e. The molecule has 19 heavy (non-hydrogen) atoms. The van der Waals surface area contributed by atoms with Crippen molar-refractivity contribution in [1.29, 1.82) is 5.26 Å². The van der Waals surface area contributed by atoms with Crippen LogP contribution in [0.4, 0.5) is 0 Å². The van der Waals surface area contributed by atoms with E-state index < -0.39 is 0 Å². The highest BCUT2D eigenvalue weighted by Crippen LogP contribution is 2.22. The fourth-order valence-corrected chi connectivity index (χ4v) is 3.10. The van der Waals surface area contributed by atoms with Gasteiger partial charge in [-0.05, 0) is 25.6 Å². The number of ether oxygens (including phenoxy) is 1. The molecule has 0 aromatic rings. The largest absolute Gasteiger partial charge is 0.479 e. The molecular weight excluding hydrogens is 284 g/mol. The lowest BCUT2D eigenvalue weighted by Crippen LogP contribution is -2.31. The third-order valence-corrected chi connectivity index (χ3v) is 4.13. The third kappa shape index (κ3) is 5.17. The standard InChI is InChI=1S/C12H16N2O3S2/c1-2-17-12(18)19-9(5-7-13)6-8-14-10(15)3-4-11(14)16/h9H,2-6,8H2,1H3. The number of hydrogen-bond donors (Lipinski definition) is 0. The first kappa shape index (κ1) is 15.9. The van der Waals surface area contributed by atoms with Gasteiger partial charge in [-0.25, -0.2) is 0 Å². The summed E-state index contributed by atoms with van der Waals surface area (Å²) in [7, 11) is 0. The van der Waals surface area contributed by atoms with E-state index in [0.717, 1.165) is 0 Å². The third-order valence-electron chi connectivity index (χ3n) is 2.67. The van der Waals surface area contributed by atoms with Crippen molar-refractivity contribution in [3.63, 3.8) is 0 Å². The first-order chi connectivity index (χ1) is 9.08. The number of rotatable bonds is 6. The van der Waals surface area contributed by atoms with E-state index >= 15 is 0 Å². The lowest BCUT2D eigenvalue weighted by atomic mass is 10.2. The monoisotopic (exact) mass is 300 g/mol. The molecule has 5 nitrogen and oxygen atoms in total. The Bertz CT molecular complexity index is 390. The van der Waals surface area contributed by atoms with Crippen molar-refractivity contribution in [3.8, 4) is 6.07 Å². The van der Waals surface area contributed by atoms with Crippen LogP contribution < -0.4 is 0 Å². The number of hydrogen-bond acceptors (Lipinski definition) is 6. The Morgan fingerprint density at radius 2 is 2.16 bits per heavy atom. The van der Waals surface area contributed by atoms with Crippen molar-refractivity contribution >= 4 is 40.2 Å². The first-order valence-electron chi connectivity index (χ1n) is 6.12. The molecule has 0 aliphatic carbocycles. The van der Waals surface area contributed by atoms with Gasteiger partial charge in [-0.1, -0.05) is 11.8 Å². The van der Waals surface area contributed by atoms with Crippen LogP contribution in [-0.4, -0.2) is 39.5 Å². The predicted molar refractivity (Wildman–Crippen MR) is 76.4 cm³/mol. The van der Waals surface area contributed by atoms with Crippen molar-refractivity contribution in [1.82, 2.24) is 4.90 Å². The minimum Gasteiger partial charge on any atom is -0.479 e. The van der Waals surface area contributed by atoms with Crippen LogP contribution in [0.1, 0.15) is 32.6 Å². The molecule has 0 spiro atoms. The lowest BCUT2D eigenvalue weighted by Gasteiger charge is -2.18. The van der Waals surface area contributed by atoms with Gasteiger partial charge in [0.15, 0.2) is 0 Å². The van der Waals surface area contributed by atoms with E-state index in [0.29, 0.717) is 43.2 Å². The van der Waals surface area contributed by atoms with E-state index in [2.05, 4.69) is 6.07 Å². The molecule has 1 aliphatic rings. The van der Waals surface area contributed by atoms with Crippen LogP contribution in [0.5, 0.6) is 0 Å². The average molecular weight is 300 g/mol. The molecule has 1 aliphatic heterocycles. The van der Waals surface area contributed by atoms with E-state index in [4.69, 9.17) is 22.2 Å². The Morgan fingerprint density at radius 3 is 2.68 bits per heavy atom. The number of carbonyl (C=O) groups is 2. The molecule has 0 aromatic carbocycles. The van der Waals surface area contributed by atoms with Crippen molar-refractivity contribution < 1.29 is 14.3 Å². The van der Waals surface area contributed by atoms with Crippen molar-refractivity contribution in [2.45, 2.75) is 37.9 Å². The van der Waals surface area contributed by atoms with Crippen molar-refractivity contribution in [2.24, 2.45) is 0 Å². The summed E-state index contributed by atoms with van der Waals surface area (Å²) in [6, 6.07) is 2.09. The summed E-state index contributed by atoms with van der Waals surface area (Å²) < 4.78 is 5.57. The number of thioether (sulfide) groups is 1. The van der Waals surface area contributed by atoms with Gasteiger partial charge in [0.25, 0.3) is 0 Å². The molecule has 0 N–H and O–H groups in total. The molecule has 0 radical (unpaired) electrons. The van der Waals surface area contributed by atoms with Crippen molar-refractivity contribution in [3.05, 3.63) is 0 Å². The molecule has 0 aromatic heterocycles. The Kier molecular flexibility index (Phi) is 6.81. The number of carbonyl (C=O) groups excluding carboxylic acids is 2. The predicted octanol–water partition coefficient (Wildman–Crippen LogP) is 1.86. The summed E-state index contributed by atoms with van der Waals surface area (Å²) in [5.74, 6) is -0.254. The second-order valence-corrected chi connectivity index (χ2v) is 5.92. The number of nitriles is 1. The summed E-state index contributed by atoms with van der Waals surface area (Å²) in [5.41, 5.74) is 0. The molecule has 1 heterocycles. The summed E-state index contributed by atoms with van der Waals surface area (Å²) in [5, 5.41) is 8.73. The number of amides is 2. The second kappa shape index (κ2) is 8.12. The Hall–Kier alpha value is -1.13. The molecule has 1 fully saturated rings. The number of likely N-dealkylation sites (tertiary alicyclic amines) is 1. The average Bonchev–Trinajstić information content (AvgIpc) is 2.67. The highest BCUT2D eigenvalue weighted by atomic mass is 32.2. The Morgan fingerprint density at radius 1 is 1.53 bits per heavy atom. The highest BCUT2D eigenvalue weighted by Gasteiger charge is 2.29. The zero-order valence-electron chi connectivity index (χ0n) is 10.8. The topological polar surface area (TPSA) is 70.4 Å². The van der Waals surface area contributed by atoms with Crippen molar-refractivity contribution in [2.75, 3.05) is 13.2 Å². The summed E-state index contributed by atoms with van der Waals surface area (Å²) in [6.45, 7) is 2.69. The quantitative estimate of drug-likeness (QED) is 0.551. The highest BCUT2D eigenvalue weighted by molar-refractivity contribution is 8.23. The molecule has 1 saturated heterocycles. The van der Waals surface area contributed by atoms with Crippen LogP contribution in [0.3, 0.4) is 0 Å². The normalized spacial score (nSPS) is 16.3. The zero-order chi connectivity index (χ0) is 14.3. The maximum absolute atomic E-state index is 11.5. The maximum atomic E-state index is 11.5. The number of imide groups is 1. The summed E-state index contributed by atoms with van der Waals surface area (Å²) >= 11 is 6.34. The van der Waals surface area contributed by atoms with Crippen LogP contribution in [0.25, 0.3) is 0 Å². The van der Waals surface area contributed by atoms with Gasteiger partial charge >= 0.3 is 0 Å². The van der Waals surface area contributed by atoms with Crippen LogP contribution in [0.2, 0.25) is 0 Å². The van der Waals surface area contributed by atoms with E-state index in [1.165, 1.54) is 16.7 Å². The SMILES string of the molecule is CCOC(=S)SC(CC#N)CCN1C(=O)CCC1=O. The number of thiocarbonyl (C=S) groups is 1. The lowest BCUT2D eigenvalue weighted by molar-refractivity contribution is -0.138. The van der Waals surface area contributed by atoms with Gasteiger partial charge < -0.3 is 4.74 Å². The van der Waals surface area contributed by atoms with Gasteiger partial charge in [0.1, 0.15) is 0 Å². The minimum atomic E-state index is -0.127. The van der Waals surface area contributed by atoms with Gasteiger partial charge in [0, 0.05) is 31.1 Å². The molecule has 104 valence electrons. The van der Waals surface area contributed by atoms with E-state index in [1.54, 1.807) is 0 Å². The molecule has 0 saturated carbocycles. The van der Waals surface area contributed by atoms with Gasteiger partial charge in [0.2, 0.25) is 16.2 Å².